The van der Waals surface area contributed by atoms with E-state index in [1.54, 1.807) is 32.2 Å². The van der Waals surface area contributed by atoms with E-state index in [9.17, 15) is 23.2 Å². The Morgan fingerprint density at radius 2 is 2.05 bits per heavy atom. The first kappa shape index (κ1) is 30.8. The molecule has 4 rings (SSSR count). The summed E-state index contributed by atoms with van der Waals surface area (Å²) in [4.78, 5) is 21.7. The Labute approximate surface area is 238 Å². The third-order valence-electron chi connectivity index (χ3n) is 6.12. The lowest BCUT2D eigenvalue weighted by molar-refractivity contribution is -0.144. The molecule has 0 radical (unpaired) electrons. The number of nitrogens with one attached hydrogen (secondary N) is 2. The second-order valence-corrected chi connectivity index (χ2v) is 11.3. The molecule has 0 aliphatic carbocycles. The SMILES string of the molecule is CCOC(=O)[C@H](C)N[P@@](=O)(OC[C@H]1O[C@@H](n2cnc3c(NC)nc(N)nc32)[C@@](Cl)(C(F)F)[C@@H]1O)Oc1ccccc1. The Balaban J connectivity index is 1.62. The van der Waals surface area contributed by atoms with E-state index in [1.165, 1.54) is 19.1 Å². The molecule has 3 aromatic rings. The van der Waals surface area contributed by atoms with Gasteiger partial charge in [-0.2, -0.15) is 15.1 Å². The first-order valence-electron chi connectivity index (χ1n) is 12.4. The summed E-state index contributed by atoms with van der Waals surface area (Å²) in [6.45, 7) is 2.30. The summed E-state index contributed by atoms with van der Waals surface area (Å²) in [5, 5.41) is 16.2. The number of aromatic nitrogens is 4. The van der Waals surface area contributed by atoms with Gasteiger partial charge >= 0.3 is 13.7 Å². The Hall–Kier alpha value is -3.14. The van der Waals surface area contributed by atoms with Gasteiger partial charge in [0.1, 0.15) is 24.0 Å². The number of nitrogens with zero attached hydrogens (tertiary/aromatic N) is 4. The lowest BCUT2D eigenvalue weighted by atomic mass is 9.99. The van der Waals surface area contributed by atoms with Crippen molar-refractivity contribution in [1.82, 2.24) is 24.6 Å². The zero-order chi connectivity index (χ0) is 29.9. The maximum absolute atomic E-state index is 14.5. The van der Waals surface area contributed by atoms with Crippen LogP contribution in [0.15, 0.2) is 36.7 Å². The molecule has 0 saturated carbocycles. The normalized spacial score (nSPS) is 24.7. The van der Waals surface area contributed by atoms with Crippen LogP contribution in [0.3, 0.4) is 0 Å². The largest absolute Gasteiger partial charge is 0.465 e. The van der Waals surface area contributed by atoms with Crippen molar-refractivity contribution in [2.45, 2.75) is 49.6 Å². The van der Waals surface area contributed by atoms with E-state index in [1.807, 2.05) is 0 Å². The highest BCUT2D eigenvalue weighted by atomic mass is 35.5. The number of carbonyl (C=O) groups is 1. The fourth-order valence-electron chi connectivity index (χ4n) is 4.14. The molecule has 14 nitrogen and oxygen atoms in total. The van der Waals surface area contributed by atoms with E-state index in [0.717, 1.165) is 10.9 Å². The smallest absolute Gasteiger partial charge is 0.459 e. The van der Waals surface area contributed by atoms with Gasteiger partial charge in [0.2, 0.25) is 5.95 Å². The molecule has 18 heteroatoms. The summed E-state index contributed by atoms with van der Waals surface area (Å²) < 4.78 is 65.5. The average molecular weight is 620 g/mol. The number of alkyl halides is 3. The molecule has 3 heterocycles. The van der Waals surface area contributed by atoms with E-state index in [-0.39, 0.29) is 35.3 Å². The number of rotatable bonds is 12. The van der Waals surface area contributed by atoms with Gasteiger partial charge in [-0.05, 0) is 26.0 Å². The van der Waals surface area contributed by atoms with Crippen LogP contribution in [0.5, 0.6) is 5.75 Å². The van der Waals surface area contributed by atoms with Gasteiger partial charge in [0.25, 0.3) is 6.43 Å². The lowest BCUT2D eigenvalue weighted by Crippen LogP contribution is -2.48. The number of aliphatic hydroxyl groups excluding tert-OH is 1. The fraction of sp³-hybridized carbons (Fsp3) is 0.478. The second kappa shape index (κ2) is 12.4. The number of hydrogen-bond acceptors (Lipinski definition) is 12. The van der Waals surface area contributed by atoms with Crippen LogP contribution >= 0.6 is 19.3 Å². The van der Waals surface area contributed by atoms with Crippen LogP contribution in [0.25, 0.3) is 11.2 Å². The number of nitrogens with two attached hydrogens (primary N) is 1. The summed E-state index contributed by atoms with van der Waals surface area (Å²) in [5.74, 6) is -0.577. The molecule has 1 aromatic carbocycles. The van der Waals surface area contributed by atoms with Crippen LogP contribution in [0, 0.1) is 0 Å². The highest BCUT2D eigenvalue weighted by Gasteiger charge is 2.62. The van der Waals surface area contributed by atoms with Crippen molar-refractivity contribution in [1.29, 1.82) is 0 Å². The Morgan fingerprint density at radius 1 is 1.34 bits per heavy atom. The maximum atomic E-state index is 14.5. The van der Waals surface area contributed by atoms with Crippen LogP contribution < -0.4 is 20.7 Å². The van der Waals surface area contributed by atoms with Gasteiger partial charge in [-0.25, -0.2) is 18.3 Å². The van der Waals surface area contributed by atoms with E-state index >= 15 is 0 Å². The molecule has 0 amide bonds. The van der Waals surface area contributed by atoms with Crippen molar-refractivity contribution in [3.8, 4) is 5.75 Å². The van der Waals surface area contributed by atoms with E-state index in [0.29, 0.717) is 0 Å². The number of ether oxygens (including phenoxy) is 2. The molecule has 0 spiro atoms. The number of esters is 1. The molecule has 1 aliphatic rings. The minimum Gasteiger partial charge on any atom is -0.465 e. The number of aliphatic hydroxyl groups is 1. The molecule has 1 aliphatic heterocycles. The van der Waals surface area contributed by atoms with Gasteiger partial charge in [0.15, 0.2) is 28.1 Å². The summed E-state index contributed by atoms with van der Waals surface area (Å²) in [7, 11) is -2.84. The quantitative estimate of drug-likeness (QED) is 0.132. The zero-order valence-electron chi connectivity index (χ0n) is 22.1. The van der Waals surface area contributed by atoms with E-state index in [2.05, 4.69) is 25.4 Å². The van der Waals surface area contributed by atoms with Crippen LogP contribution in [0.2, 0.25) is 0 Å². The van der Waals surface area contributed by atoms with Gasteiger partial charge in [0.05, 0.1) is 19.5 Å². The number of para-hydroxylation sites is 1. The number of anilines is 2. The van der Waals surface area contributed by atoms with Crippen molar-refractivity contribution in [2.24, 2.45) is 0 Å². The summed E-state index contributed by atoms with van der Waals surface area (Å²) in [6.07, 6.45) is -7.48. The first-order valence-corrected chi connectivity index (χ1v) is 14.3. The second-order valence-electron chi connectivity index (χ2n) is 8.90. The number of imidazole rings is 1. The predicted octanol–water partition coefficient (Wildman–Crippen LogP) is 2.70. The van der Waals surface area contributed by atoms with Crippen LogP contribution in [-0.4, -0.2) is 80.4 Å². The number of carbonyl (C=O) groups excluding carboxylic acids is 1. The molecular weight excluding hydrogens is 591 g/mol. The van der Waals surface area contributed by atoms with E-state index < -0.39 is 56.1 Å². The maximum Gasteiger partial charge on any atom is 0.459 e. The molecular formula is C23H29ClF2N7O7P. The fourth-order valence-corrected chi connectivity index (χ4v) is 5.94. The van der Waals surface area contributed by atoms with Gasteiger partial charge < -0.3 is 30.2 Å². The number of fused-ring (bicyclic) bond motifs is 1. The van der Waals surface area contributed by atoms with Crippen molar-refractivity contribution < 1.29 is 41.8 Å². The zero-order valence-corrected chi connectivity index (χ0v) is 23.8. The summed E-state index contributed by atoms with van der Waals surface area (Å²) >= 11 is 6.37. The minimum atomic E-state index is -4.39. The molecule has 6 atom stereocenters. The molecule has 41 heavy (non-hydrogen) atoms. The third-order valence-corrected chi connectivity index (χ3v) is 8.34. The van der Waals surface area contributed by atoms with Crippen molar-refractivity contribution >= 4 is 48.2 Å². The number of halogens is 3. The minimum absolute atomic E-state index is 0.00861. The monoisotopic (exact) mass is 619 g/mol. The van der Waals surface area contributed by atoms with Gasteiger partial charge in [-0.15, -0.1) is 11.6 Å². The Bertz CT molecular complexity index is 1420. The van der Waals surface area contributed by atoms with Gasteiger partial charge in [-0.3, -0.25) is 13.9 Å². The molecule has 1 fully saturated rings. The first-order chi connectivity index (χ1) is 19.4. The molecule has 5 N–H and O–H groups in total. The molecule has 2 aromatic heterocycles. The molecule has 0 bridgehead atoms. The molecule has 0 unspecified atom stereocenters. The number of benzene rings is 1. The standard InChI is InChI=1S/C23H29ClF2N7O7P/c1-4-37-19(35)12(2)32-41(36,40-13-8-6-5-7-9-13)38-10-14-16(34)23(24,20(25)26)21(39-14)33-11-29-15-17(28-3)30-22(27)31-18(15)33/h5-9,11-12,14,16,20-21,34H,4,10H2,1-3H3,(H,32,36)(H3,27,28,30,31)/t12-,14+,16+,21+,23-,41+/m0/s1. The summed E-state index contributed by atoms with van der Waals surface area (Å²) in [5.41, 5.74) is 5.96. The van der Waals surface area contributed by atoms with Crippen LogP contribution in [0.4, 0.5) is 20.5 Å². The average Bonchev–Trinajstić information content (AvgIpc) is 3.46. The van der Waals surface area contributed by atoms with Crippen molar-refractivity contribution in [3.05, 3.63) is 36.7 Å². The van der Waals surface area contributed by atoms with Crippen LogP contribution in [0.1, 0.15) is 20.1 Å². The highest BCUT2D eigenvalue weighted by molar-refractivity contribution is 7.52. The van der Waals surface area contributed by atoms with Crippen molar-refractivity contribution in [2.75, 3.05) is 31.3 Å². The van der Waals surface area contributed by atoms with Crippen molar-refractivity contribution in [3.63, 3.8) is 0 Å². The summed E-state index contributed by atoms with van der Waals surface area (Å²) in [6, 6.07) is 6.74. The third kappa shape index (κ3) is 6.22. The van der Waals surface area contributed by atoms with Gasteiger partial charge in [-0.1, -0.05) is 18.2 Å². The molecule has 224 valence electrons. The Morgan fingerprint density at radius 3 is 2.68 bits per heavy atom. The topological polar surface area (TPSA) is 185 Å². The lowest BCUT2D eigenvalue weighted by Gasteiger charge is -2.29. The number of hydrogen-bond donors (Lipinski definition) is 4. The Kier molecular flexibility index (Phi) is 9.31. The van der Waals surface area contributed by atoms with Gasteiger partial charge in [0, 0.05) is 7.05 Å². The highest BCUT2D eigenvalue weighted by Crippen LogP contribution is 2.51. The molecule has 1 saturated heterocycles. The van der Waals surface area contributed by atoms with Crippen LogP contribution in [-0.2, 0) is 23.4 Å². The number of nitrogen functional groups attached to an aromatic ring is 1. The van der Waals surface area contributed by atoms with E-state index in [4.69, 9.17) is 35.9 Å². The predicted molar refractivity (Wildman–Crippen MR) is 144 cm³/mol.